The van der Waals surface area contributed by atoms with Gasteiger partial charge in [-0.15, -0.1) is 5.10 Å². The molecule has 5 heteroatoms. The Kier molecular flexibility index (Phi) is 5.34. The van der Waals surface area contributed by atoms with Gasteiger partial charge in [0.15, 0.2) is 5.69 Å². The summed E-state index contributed by atoms with van der Waals surface area (Å²) in [7, 11) is 0. The Morgan fingerprint density at radius 2 is 1.96 bits per heavy atom. The van der Waals surface area contributed by atoms with Crippen molar-refractivity contribution >= 4 is 5.91 Å². The minimum atomic E-state index is 0.0968. The zero-order valence-corrected chi connectivity index (χ0v) is 14.6. The number of fused-ring (bicyclic) bond motifs is 1. The molecule has 23 heavy (non-hydrogen) atoms. The minimum absolute atomic E-state index is 0.0968. The van der Waals surface area contributed by atoms with Gasteiger partial charge < -0.3 is 4.90 Å². The molecule has 1 aliphatic heterocycles. The highest BCUT2D eigenvalue weighted by atomic mass is 16.2. The first-order valence-corrected chi connectivity index (χ1v) is 9.36. The third-order valence-electron chi connectivity index (χ3n) is 5.45. The number of aryl methyl sites for hydroxylation is 1. The molecule has 128 valence electrons. The molecule has 1 amide bonds. The molecule has 1 aromatic heterocycles. The van der Waals surface area contributed by atoms with Gasteiger partial charge in [-0.3, -0.25) is 9.48 Å². The van der Waals surface area contributed by atoms with Crippen molar-refractivity contribution in [2.24, 2.45) is 11.8 Å². The van der Waals surface area contributed by atoms with E-state index in [1.807, 2.05) is 10.9 Å². The van der Waals surface area contributed by atoms with E-state index in [2.05, 4.69) is 29.1 Å². The maximum atomic E-state index is 13.0. The Morgan fingerprint density at radius 1 is 1.22 bits per heavy atom. The van der Waals surface area contributed by atoms with Gasteiger partial charge in [-0.2, -0.15) is 0 Å². The maximum absolute atomic E-state index is 13.0. The Balaban J connectivity index is 1.70. The van der Waals surface area contributed by atoms with Crippen LogP contribution in [0.3, 0.4) is 0 Å². The predicted octanol–water partition coefficient (Wildman–Crippen LogP) is 3.51. The lowest BCUT2D eigenvalue weighted by atomic mass is 9.81. The molecule has 1 saturated heterocycles. The van der Waals surface area contributed by atoms with Crippen molar-refractivity contribution < 1.29 is 4.79 Å². The molecular weight excluding hydrogens is 288 g/mol. The van der Waals surface area contributed by atoms with Gasteiger partial charge in [-0.05, 0) is 43.9 Å². The molecule has 3 rings (SSSR count). The smallest absolute Gasteiger partial charge is 0.276 e. The number of amides is 1. The third-order valence-corrected chi connectivity index (χ3v) is 5.45. The van der Waals surface area contributed by atoms with Crippen LogP contribution in [0.5, 0.6) is 0 Å². The van der Waals surface area contributed by atoms with E-state index in [-0.39, 0.29) is 5.91 Å². The summed E-state index contributed by atoms with van der Waals surface area (Å²) < 4.78 is 1.82. The minimum Gasteiger partial charge on any atom is -0.334 e. The van der Waals surface area contributed by atoms with E-state index in [0.717, 1.165) is 32.4 Å². The van der Waals surface area contributed by atoms with Crippen LogP contribution in [0.15, 0.2) is 6.20 Å². The lowest BCUT2D eigenvalue weighted by Crippen LogP contribution is -2.45. The Bertz CT molecular complexity index is 525. The first-order chi connectivity index (χ1) is 11.1. The van der Waals surface area contributed by atoms with Gasteiger partial charge in [-0.1, -0.05) is 38.3 Å². The van der Waals surface area contributed by atoms with Crippen LogP contribution >= 0.6 is 0 Å². The van der Waals surface area contributed by atoms with Gasteiger partial charge in [-0.25, -0.2) is 0 Å². The van der Waals surface area contributed by atoms with Crippen molar-refractivity contribution in [2.45, 2.75) is 77.8 Å². The molecule has 0 spiro atoms. The Labute approximate surface area is 139 Å². The van der Waals surface area contributed by atoms with E-state index in [1.165, 1.54) is 32.1 Å². The van der Waals surface area contributed by atoms with Crippen LogP contribution in [0.2, 0.25) is 0 Å². The monoisotopic (exact) mass is 318 g/mol. The fraction of sp³-hybridized carbons (Fsp3) is 0.833. The fourth-order valence-corrected chi connectivity index (χ4v) is 4.09. The lowest BCUT2D eigenvalue weighted by Gasteiger charge is -2.37. The standard InChI is InChI=1S/C18H30N4O/c1-14(2)10-12-21-13-16(19-20-21)18(23)22-11-6-5-8-15-7-3-4-9-17(15)22/h13-15,17H,3-12H2,1-2H3/t15-,17-/m0/s1. The molecule has 2 heterocycles. The highest BCUT2D eigenvalue weighted by molar-refractivity contribution is 5.92. The normalized spacial score (nSPS) is 25.3. The van der Waals surface area contributed by atoms with Gasteiger partial charge in [0.2, 0.25) is 0 Å². The van der Waals surface area contributed by atoms with Crippen LogP contribution in [0.1, 0.15) is 75.7 Å². The second-order valence-electron chi connectivity index (χ2n) is 7.66. The fourth-order valence-electron chi connectivity index (χ4n) is 4.09. The number of likely N-dealkylation sites (tertiary alicyclic amines) is 1. The molecule has 0 bridgehead atoms. The quantitative estimate of drug-likeness (QED) is 0.853. The van der Waals surface area contributed by atoms with Crippen molar-refractivity contribution in [1.29, 1.82) is 0 Å². The Hall–Kier alpha value is -1.39. The summed E-state index contributed by atoms with van der Waals surface area (Å²) in [5, 5.41) is 8.31. The highest BCUT2D eigenvalue weighted by Crippen LogP contribution is 2.35. The number of carbonyl (C=O) groups is 1. The van der Waals surface area contributed by atoms with E-state index < -0.39 is 0 Å². The van der Waals surface area contributed by atoms with E-state index >= 15 is 0 Å². The number of rotatable bonds is 4. The molecule has 5 nitrogen and oxygen atoms in total. The summed E-state index contributed by atoms with van der Waals surface area (Å²) in [5.74, 6) is 1.43. The van der Waals surface area contributed by atoms with Crippen LogP contribution in [-0.2, 0) is 6.54 Å². The lowest BCUT2D eigenvalue weighted by molar-refractivity contribution is 0.0563. The van der Waals surface area contributed by atoms with E-state index in [1.54, 1.807) is 0 Å². The molecule has 1 saturated carbocycles. The molecule has 0 radical (unpaired) electrons. The summed E-state index contributed by atoms with van der Waals surface area (Å²) in [5.41, 5.74) is 0.528. The first-order valence-electron chi connectivity index (χ1n) is 9.36. The molecular formula is C18H30N4O. The first kappa shape index (κ1) is 16.5. The largest absolute Gasteiger partial charge is 0.334 e. The van der Waals surface area contributed by atoms with Gasteiger partial charge in [0, 0.05) is 19.1 Å². The molecule has 2 atom stereocenters. The molecule has 0 N–H and O–H groups in total. The van der Waals surface area contributed by atoms with E-state index in [9.17, 15) is 4.79 Å². The number of hydrogen-bond donors (Lipinski definition) is 0. The number of aromatic nitrogens is 3. The van der Waals surface area contributed by atoms with Gasteiger partial charge in [0.25, 0.3) is 5.91 Å². The summed E-state index contributed by atoms with van der Waals surface area (Å²) >= 11 is 0. The average Bonchev–Trinajstić information content (AvgIpc) is 2.92. The van der Waals surface area contributed by atoms with Crippen LogP contribution in [0, 0.1) is 11.8 Å². The van der Waals surface area contributed by atoms with Gasteiger partial charge in [0.1, 0.15) is 0 Å². The second-order valence-corrected chi connectivity index (χ2v) is 7.66. The zero-order valence-electron chi connectivity index (χ0n) is 14.6. The maximum Gasteiger partial charge on any atom is 0.276 e. The van der Waals surface area contributed by atoms with Crippen molar-refractivity contribution in [3.05, 3.63) is 11.9 Å². The van der Waals surface area contributed by atoms with Crippen molar-refractivity contribution in [1.82, 2.24) is 19.9 Å². The second kappa shape index (κ2) is 7.45. The molecule has 2 aliphatic rings. The number of hydrogen-bond acceptors (Lipinski definition) is 3. The summed E-state index contributed by atoms with van der Waals surface area (Å²) in [6, 6.07) is 0.430. The number of nitrogens with zero attached hydrogens (tertiary/aromatic N) is 4. The summed E-state index contributed by atoms with van der Waals surface area (Å²) in [4.78, 5) is 15.1. The molecule has 0 unspecified atom stereocenters. The Morgan fingerprint density at radius 3 is 2.74 bits per heavy atom. The van der Waals surface area contributed by atoms with E-state index in [0.29, 0.717) is 23.6 Å². The SMILES string of the molecule is CC(C)CCn1cc(C(=O)N2CCCC[C@@H]3CCCC[C@@H]32)nn1. The van der Waals surface area contributed by atoms with Crippen molar-refractivity contribution in [2.75, 3.05) is 6.54 Å². The van der Waals surface area contributed by atoms with Crippen LogP contribution in [0.4, 0.5) is 0 Å². The van der Waals surface area contributed by atoms with E-state index in [4.69, 9.17) is 0 Å². The van der Waals surface area contributed by atoms with Gasteiger partial charge >= 0.3 is 0 Å². The van der Waals surface area contributed by atoms with Gasteiger partial charge in [0.05, 0.1) is 6.20 Å². The van der Waals surface area contributed by atoms with Crippen molar-refractivity contribution in [3.63, 3.8) is 0 Å². The predicted molar refractivity (Wildman–Crippen MR) is 90.1 cm³/mol. The molecule has 1 aliphatic carbocycles. The van der Waals surface area contributed by atoms with Crippen molar-refractivity contribution in [3.8, 4) is 0 Å². The third kappa shape index (κ3) is 3.93. The highest BCUT2D eigenvalue weighted by Gasteiger charge is 2.35. The molecule has 1 aromatic rings. The van der Waals surface area contributed by atoms with Crippen LogP contribution in [-0.4, -0.2) is 38.4 Å². The zero-order chi connectivity index (χ0) is 16.2. The summed E-state index contributed by atoms with van der Waals surface area (Å²) in [6.07, 6.45) is 11.6. The summed E-state index contributed by atoms with van der Waals surface area (Å²) in [6.45, 7) is 6.12. The number of carbonyl (C=O) groups excluding carboxylic acids is 1. The average molecular weight is 318 g/mol. The van der Waals surface area contributed by atoms with Crippen LogP contribution in [0.25, 0.3) is 0 Å². The van der Waals surface area contributed by atoms with Crippen LogP contribution < -0.4 is 0 Å². The topological polar surface area (TPSA) is 51.0 Å². The molecule has 0 aromatic carbocycles. The molecule has 2 fully saturated rings.